The molecular weight excluding hydrogens is 222 g/mol. The maximum Gasteiger partial charge on any atom is 0.344 e. The molecule has 5 heteroatoms. The average molecular weight is 239 g/mol. The second-order valence-electron chi connectivity index (χ2n) is 3.40. The maximum absolute atomic E-state index is 10.9. The monoisotopic (exact) mass is 239 g/mol. The number of carboxylic acids is 1. The number of benzene rings is 1. The second-order valence-corrected chi connectivity index (χ2v) is 3.40. The lowest BCUT2D eigenvalue weighted by Gasteiger charge is -2.16. The van der Waals surface area contributed by atoms with Gasteiger partial charge in [0.25, 0.3) is 0 Å². The van der Waals surface area contributed by atoms with Crippen LogP contribution in [-0.4, -0.2) is 30.3 Å². The molecule has 0 spiro atoms. The van der Waals surface area contributed by atoms with E-state index in [4.69, 9.17) is 20.3 Å². The van der Waals surface area contributed by atoms with Crippen molar-refractivity contribution in [3.63, 3.8) is 0 Å². The minimum Gasteiger partial charge on any atom is -0.490 e. The van der Waals surface area contributed by atoms with Crippen LogP contribution in [0.5, 0.6) is 11.5 Å². The van der Waals surface area contributed by atoms with Gasteiger partial charge in [-0.25, -0.2) is 4.79 Å². The van der Waals surface area contributed by atoms with Crippen molar-refractivity contribution in [2.45, 2.75) is 19.4 Å². The number of para-hydroxylation sites is 2. The fourth-order valence-electron chi connectivity index (χ4n) is 1.36. The molecule has 5 nitrogen and oxygen atoms in total. The summed E-state index contributed by atoms with van der Waals surface area (Å²) in [5.41, 5.74) is 5.34. The van der Waals surface area contributed by atoms with Gasteiger partial charge in [-0.3, -0.25) is 0 Å². The Bertz CT molecular complexity index is 367. The molecule has 0 aliphatic rings. The van der Waals surface area contributed by atoms with Crippen LogP contribution in [0.3, 0.4) is 0 Å². The van der Waals surface area contributed by atoms with E-state index < -0.39 is 12.1 Å². The van der Waals surface area contributed by atoms with E-state index in [1.807, 2.05) is 6.92 Å². The molecule has 0 fully saturated rings. The first-order valence-corrected chi connectivity index (χ1v) is 5.50. The van der Waals surface area contributed by atoms with Crippen molar-refractivity contribution in [2.24, 2.45) is 5.73 Å². The summed E-state index contributed by atoms with van der Waals surface area (Å²) < 4.78 is 10.7. The van der Waals surface area contributed by atoms with E-state index in [1.54, 1.807) is 24.3 Å². The van der Waals surface area contributed by atoms with Crippen LogP contribution in [0.2, 0.25) is 0 Å². The van der Waals surface area contributed by atoms with Crippen molar-refractivity contribution < 1.29 is 19.4 Å². The lowest BCUT2D eigenvalue weighted by atomic mass is 10.2. The Labute approximate surface area is 100 Å². The Morgan fingerprint density at radius 3 is 2.59 bits per heavy atom. The quantitative estimate of drug-likeness (QED) is 0.748. The topological polar surface area (TPSA) is 81.8 Å². The van der Waals surface area contributed by atoms with Gasteiger partial charge in [0.1, 0.15) is 0 Å². The van der Waals surface area contributed by atoms with Crippen molar-refractivity contribution in [1.29, 1.82) is 0 Å². The van der Waals surface area contributed by atoms with Crippen LogP contribution in [0, 0.1) is 0 Å². The van der Waals surface area contributed by atoms with E-state index in [1.165, 1.54) is 0 Å². The van der Waals surface area contributed by atoms with Crippen LogP contribution < -0.4 is 15.2 Å². The van der Waals surface area contributed by atoms with E-state index >= 15 is 0 Å². The molecule has 3 N–H and O–H groups in total. The molecule has 94 valence electrons. The van der Waals surface area contributed by atoms with Crippen LogP contribution >= 0.6 is 0 Å². The lowest BCUT2D eigenvalue weighted by molar-refractivity contribution is -0.145. The van der Waals surface area contributed by atoms with Crippen LogP contribution in [0.4, 0.5) is 0 Å². The van der Waals surface area contributed by atoms with E-state index in [2.05, 4.69) is 0 Å². The van der Waals surface area contributed by atoms with Crippen LogP contribution in [0.25, 0.3) is 0 Å². The zero-order valence-corrected chi connectivity index (χ0v) is 9.76. The summed E-state index contributed by atoms with van der Waals surface area (Å²) in [6.07, 6.45) is -0.683. The third-order valence-corrected chi connectivity index (χ3v) is 2.12. The molecule has 0 aliphatic carbocycles. The normalized spacial score (nSPS) is 11.9. The highest BCUT2D eigenvalue weighted by Crippen LogP contribution is 2.27. The smallest absolute Gasteiger partial charge is 0.344 e. The Morgan fingerprint density at radius 1 is 1.41 bits per heavy atom. The molecule has 1 unspecified atom stereocenters. The summed E-state index contributed by atoms with van der Waals surface area (Å²) in [5, 5.41) is 8.97. The van der Waals surface area contributed by atoms with Crippen molar-refractivity contribution in [3.05, 3.63) is 24.3 Å². The first kappa shape index (κ1) is 13.3. The van der Waals surface area contributed by atoms with Gasteiger partial charge in [0.2, 0.25) is 0 Å². The van der Waals surface area contributed by atoms with Gasteiger partial charge in [0.15, 0.2) is 17.6 Å². The fourth-order valence-corrected chi connectivity index (χ4v) is 1.36. The van der Waals surface area contributed by atoms with Crippen LogP contribution in [-0.2, 0) is 4.79 Å². The fraction of sp³-hybridized carbons (Fsp3) is 0.417. The van der Waals surface area contributed by atoms with Gasteiger partial charge in [-0.1, -0.05) is 12.1 Å². The minimum absolute atomic E-state index is 0.258. The summed E-state index contributed by atoms with van der Waals surface area (Å²) in [6, 6.07) is 6.98. The Hall–Kier alpha value is -1.75. The number of rotatable bonds is 7. The molecule has 1 atom stereocenters. The number of ether oxygens (including phenoxy) is 2. The number of carbonyl (C=O) groups is 1. The molecule has 0 aromatic heterocycles. The number of hydrogen-bond donors (Lipinski definition) is 2. The molecule has 0 saturated heterocycles. The molecule has 0 amide bonds. The number of aliphatic carboxylic acids is 1. The van der Waals surface area contributed by atoms with E-state index in [9.17, 15) is 4.79 Å². The summed E-state index contributed by atoms with van der Waals surface area (Å²) >= 11 is 0. The van der Waals surface area contributed by atoms with Crippen molar-refractivity contribution in [2.75, 3.05) is 13.2 Å². The van der Waals surface area contributed by atoms with Crippen molar-refractivity contribution >= 4 is 5.97 Å². The summed E-state index contributed by atoms with van der Waals surface area (Å²) in [7, 11) is 0. The molecule has 1 aromatic rings. The Kier molecular flexibility index (Phi) is 5.29. The predicted molar refractivity (Wildman–Crippen MR) is 63.3 cm³/mol. The Balaban J connectivity index is 2.80. The maximum atomic E-state index is 10.9. The first-order chi connectivity index (χ1) is 8.19. The Morgan fingerprint density at radius 2 is 2.06 bits per heavy atom. The largest absolute Gasteiger partial charge is 0.490 e. The van der Waals surface area contributed by atoms with E-state index in [-0.39, 0.29) is 13.0 Å². The molecule has 0 saturated carbocycles. The van der Waals surface area contributed by atoms with Crippen LogP contribution in [0.15, 0.2) is 24.3 Å². The van der Waals surface area contributed by atoms with Crippen molar-refractivity contribution in [1.82, 2.24) is 0 Å². The van der Waals surface area contributed by atoms with E-state index in [0.717, 1.165) is 0 Å². The molecule has 0 aliphatic heterocycles. The molecule has 0 bridgehead atoms. The highest BCUT2D eigenvalue weighted by atomic mass is 16.5. The van der Waals surface area contributed by atoms with Gasteiger partial charge < -0.3 is 20.3 Å². The summed E-state index contributed by atoms with van der Waals surface area (Å²) in [6.45, 7) is 2.61. The number of hydrogen-bond acceptors (Lipinski definition) is 4. The standard InChI is InChI=1S/C12H17NO4/c1-2-16-9-5-3-4-6-10(9)17-11(7-8-13)12(14)15/h3-6,11H,2,7-8,13H2,1H3,(H,14,15). The van der Waals surface area contributed by atoms with Gasteiger partial charge in [-0.05, 0) is 25.6 Å². The number of nitrogens with two attached hydrogens (primary N) is 1. The third kappa shape index (κ3) is 3.96. The second kappa shape index (κ2) is 6.75. The molecule has 0 radical (unpaired) electrons. The third-order valence-electron chi connectivity index (χ3n) is 2.12. The zero-order chi connectivity index (χ0) is 12.7. The van der Waals surface area contributed by atoms with Gasteiger partial charge >= 0.3 is 5.97 Å². The highest BCUT2D eigenvalue weighted by Gasteiger charge is 2.19. The predicted octanol–water partition coefficient (Wildman–Crippen LogP) is 1.27. The molecular formula is C12H17NO4. The van der Waals surface area contributed by atoms with Gasteiger partial charge in [-0.2, -0.15) is 0 Å². The zero-order valence-electron chi connectivity index (χ0n) is 9.76. The molecule has 17 heavy (non-hydrogen) atoms. The molecule has 0 heterocycles. The van der Waals surface area contributed by atoms with E-state index in [0.29, 0.717) is 18.1 Å². The molecule has 1 aromatic carbocycles. The first-order valence-electron chi connectivity index (χ1n) is 5.50. The van der Waals surface area contributed by atoms with Gasteiger partial charge in [0, 0.05) is 6.42 Å². The van der Waals surface area contributed by atoms with Crippen LogP contribution in [0.1, 0.15) is 13.3 Å². The summed E-state index contributed by atoms with van der Waals surface area (Å²) in [4.78, 5) is 10.9. The van der Waals surface area contributed by atoms with Gasteiger partial charge in [-0.15, -0.1) is 0 Å². The average Bonchev–Trinajstić information content (AvgIpc) is 2.31. The number of carboxylic acid groups (broad SMARTS) is 1. The van der Waals surface area contributed by atoms with Crippen molar-refractivity contribution in [3.8, 4) is 11.5 Å². The highest BCUT2D eigenvalue weighted by molar-refractivity contribution is 5.72. The SMILES string of the molecule is CCOc1ccccc1OC(CCN)C(=O)O. The minimum atomic E-state index is -1.03. The lowest BCUT2D eigenvalue weighted by Crippen LogP contribution is -2.29. The van der Waals surface area contributed by atoms with Gasteiger partial charge in [0.05, 0.1) is 6.61 Å². The summed E-state index contributed by atoms with van der Waals surface area (Å²) in [5.74, 6) is -0.0600. The molecule has 1 rings (SSSR count).